The third-order valence-corrected chi connectivity index (χ3v) is 3.24. The highest BCUT2D eigenvalue weighted by Crippen LogP contribution is 2.26. The van der Waals surface area contributed by atoms with E-state index in [4.69, 9.17) is 4.74 Å². The van der Waals surface area contributed by atoms with Gasteiger partial charge in [-0.3, -0.25) is 4.68 Å². The molecule has 1 N–H and O–H groups in total. The summed E-state index contributed by atoms with van der Waals surface area (Å²) in [6.07, 6.45) is 4.84. The van der Waals surface area contributed by atoms with Crippen LogP contribution in [0.5, 0.6) is 5.75 Å². The Morgan fingerprint density at radius 3 is 2.80 bits per heavy atom. The lowest BCUT2D eigenvalue weighted by molar-refractivity contribution is 0.386. The Balaban J connectivity index is 2.28. The number of methoxy groups -OCH3 is 1. The second kappa shape index (κ2) is 6.52. The van der Waals surface area contributed by atoms with Gasteiger partial charge in [0.25, 0.3) is 0 Å². The number of rotatable bonds is 6. The van der Waals surface area contributed by atoms with E-state index < -0.39 is 0 Å². The van der Waals surface area contributed by atoms with Crippen molar-refractivity contribution in [1.29, 1.82) is 0 Å². The Bertz CT molecular complexity index is 568. The number of hydrogen-bond donors (Lipinski definition) is 1. The molecule has 1 atom stereocenters. The van der Waals surface area contributed by atoms with Crippen LogP contribution in [0.2, 0.25) is 0 Å². The molecule has 20 heavy (non-hydrogen) atoms. The van der Waals surface area contributed by atoms with Gasteiger partial charge in [-0.1, -0.05) is 13.0 Å². The van der Waals surface area contributed by atoms with Gasteiger partial charge in [-0.25, -0.2) is 4.39 Å². The van der Waals surface area contributed by atoms with Gasteiger partial charge in [0.15, 0.2) is 11.6 Å². The molecule has 0 aliphatic rings. The largest absolute Gasteiger partial charge is 0.494 e. The van der Waals surface area contributed by atoms with Gasteiger partial charge in [-0.15, -0.1) is 0 Å². The van der Waals surface area contributed by atoms with Crippen LogP contribution in [0.3, 0.4) is 0 Å². The predicted octanol–water partition coefficient (Wildman–Crippen LogP) is 2.75. The van der Waals surface area contributed by atoms with Crippen LogP contribution in [-0.4, -0.2) is 23.9 Å². The summed E-state index contributed by atoms with van der Waals surface area (Å²) in [6.45, 7) is 2.99. The van der Waals surface area contributed by atoms with Crippen molar-refractivity contribution in [3.05, 3.63) is 47.5 Å². The van der Waals surface area contributed by atoms with Crippen LogP contribution in [0.1, 0.15) is 30.5 Å². The Morgan fingerprint density at radius 1 is 1.40 bits per heavy atom. The highest BCUT2D eigenvalue weighted by molar-refractivity contribution is 5.35. The third kappa shape index (κ3) is 2.99. The molecule has 2 rings (SSSR count). The van der Waals surface area contributed by atoms with E-state index in [2.05, 4.69) is 17.3 Å². The van der Waals surface area contributed by atoms with E-state index in [9.17, 15) is 4.39 Å². The maximum absolute atomic E-state index is 13.8. The first-order chi connectivity index (χ1) is 9.69. The predicted molar refractivity (Wildman–Crippen MR) is 76.4 cm³/mol. The maximum Gasteiger partial charge on any atom is 0.165 e. The van der Waals surface area contributed by atoms with E-state index >= 15 is 0 Å². The number of halogens is 1. The van der Waals surface area contributed by atoms with Crippen LogP contribution in [-0.2, 0) is 6.54 Å². The lowest BCUT2D eigenvalue weighted by Crippen LogP contribution is -2.17. The van der Waals surface area contributed by atoms with Gasteiger partial charge in [-0.2, -0.15) is 5.10 Å². The summed E-state index contributed by atoms with van der Waals surface area (Å²) in [6, 6.07) is 4.92. The Labute approximate surface area is 118 Å². The number of nitrogens with one attached hydrogen (secondary N) is 1. The van der Waals surface area contributed by atoms with Gasteiger partial charge in [0.1, 0.15) is 0 Å². The summed E-state index contributed by atoms with van der Waals surface area (Å²) in [7, 11) is 3.31. The first-order valence-electron chi connectivity index (χ1n) is 6.72. The van der Waals surface area contributed by atoms with Crippen LogP contribution < -0.4 is 10.1 Å². The Hall–Kier alpha value is -1.88. The van der Waals surface area contributed by atoms with Gasteiger partial charge in [-0.05, 0) is 31.2 Å². The molecule has 1 aromatic carbocycles. The molecule has 108 valence electrons. The number of hydrogen-bond acceptors (Lipinski definition) is 3. The van der Waals surface area contributed by atoms with E-state index in [0.29, 0.717) is 0 Å². The highest BCUT2D eigenvalue weighted by Gasteiger charge is 2.16. The number of nitrogens with zero attached hydrogens (tertiary/aromatic N) is 2. The minimum atomic E-state index is -0.355. The highest BCUT2D eigenvalue weighted by atomic mass is 19.1. The van der Waals surface area contributed by atoms with E-state index in [0.717, 1.165) is 24.1 Å². The quantitative estimate of drug-likeness (QED) is 0.882. The maximum atomic E-state index is 13.8. The lowest BCUT2D eigenvalue weighted by atomic mass is 10.0. The molecule has 0 amide bonds. The molecule has 4 nitrogen and oxygen atoms in total. The minimum Gasteiger partial charge on any atom is -0.494 e. The summed E-state index contributed by atoms with van der Waals surface area (Å²) in [5, 5.41) is 7.51. The van der Waals surface area contributed by atoms with Crippen LogP contribution in [0.4, 0.5) is 4.39 Å². The molecule has 5 heteroatoms. The number of aromatic nitrogens is 2. The molecule has 1 aromatic heterocycles. The van der Waals surface area contributed by atoms with Crippen molar-refractivity contribution in [1.82, 2.24) is 15.1 Å². The number of aryl methyl sites for hydroxylation is 1. The van der Waals surface area contributed by atoms with Crippen LogP contribution in [0, 0.1) is 5.82 Å². The summed E-state index contributed by atoms with van der Waals surface area (Å²) in [5.41, 5.74) is 1.87. The second-order valence-electron chi connectivity index (χ2n) is 4.65. The smallest absolute Gasteiger partial charge is 0.165 e. The van der Waals surface area contributed by atoms with Crippen LogP contribution >= 0.6 is 0 Å². The van der Waals surface area contributed by atoms with Crippen LogP contribution in [0.15, 0.2) is 30.6 Å². The zero-order chi connectivity index (χ0) is 14.5. The van der Waals surface area contributed by atoms with Gasteiger partial charge < -0.3 is 10.1 Å². The molecule has 2 aromatic rings. The average Bonchev–Trinajstić information content (AvgIpc) is 2.89. The molecule has 0 spiro atoms. The molecular weight excluding hydrogens is 257 g/mol. The van der Waals surface area contributed by atoms with Gasteiger partial charge in [0.05, 0.1) is 19.3 Å². The first kappa shape index (κ1) is 14.5. The van der Waals surface area contributed by atoms with E-state index in [1.165, 1.54) is 13.2 Å². The van der Waals surface area contributed by atoms with Gasteiger partial charge in [0, 0.05) is 18.3 Å². The van der Waals surface area contributed by atoms with Crippen LogP contribution in [0.25, 0.3) is 0 Å². The molecule has 0 radical (unpaired) electrons. The normalized spacial score (nSPS) is 12.4. The van der Waals surface area contributed by atoms with Crippen molar-refractivity contribution in [3.63, 3.8) is 0 Å². The fraction of sp³-hybridized carbons (Fsp3) is 0.400. The number of benzene rings is 1. The van der Waals surface area contributed by atoms with Crippen molar-refractivity contribution in [2.24, 2.45) is 0 Å². The SMILES string of the molecule is CCCn1cc(C(NC)c2ccc(OC)c(F)c2)cn1. The van der Waals surface area contributed by atoms with Gasteiger partial charge in [0.2, 0.25) is 0 Å². The standard InChI is InChI=1S/C15H20FN3O/c1-4-7-19-10-12(9-18-19)15(17-2)11-5-6-14(20-3)13(16)8-11/h5-6,8-10,15,17H,4,7H2,1-3H3. The Morgan fingerprint density at radius 2 is 2.20 bits per heavy atom. The molecule has 1 unspecified atom stereocenters. The van der Waals surface area contributed by atoms with Crippen molar-refractivity contribution in [2.45, 2.75) is 25.9 Å². The third-order valence-electron chi connectivity index (χ3n) is 3.24. The molecule has 0 fully saturated rings. The van der Waals surface area contributed by atoms with E-state index in [1.807, 2.05) is 30.2 Å². The van der Waals surface area contributed by atoms with Crippen molar-refractivity contribution >= 4 is 0 Å². The fourth-order valence-corrected chi connectivity index (χ4v) is 2.27. The topological polar surface area (TPSA) is 39.1 Å². The summed E-state index contributed by atoms with van der Waals surface area (Å²) in [4.78, 5) is 0. The Kier molecular flexibility index (Phi) is 4.74. The molecule has 0 aliphatic heterocycles. The monoisotopic (exact) mass is 277 g/mol. The summed E-state index contributed by atoms with van der Waals surface area (Å²) in [5.74, 6) is -0.100. The van der Waals surface area contributed by atoms with E-state index in [-0.39, 0.29) is 17.6 Å². The fourth-order valence-electron chi connectivity index (χ4n) is 2.27. The number of ether oxygens (including phenoxy) is 1. The zero-order valence-electron chi connectivity index (χ0n) is 12.1. The zero-order valence-corrected chi connectivity index (χ0v) is 12.1. The molecule has 0 bridgehead atoms. The molecule has 0 saturated carbocycles. The first-order valence-corrected chi connectivity index (χ1v) is 6.72. The summed E-state index contributed by atoms with van der Waals surface area (Å²) < 4.78 is 20.7. The molecule has 0 aliphatic carbocycles. The van der Waals surface area contributed by atoms with Crippen molar-refractivity contribution < 1.29 is 9.13 Å². The van der Waals surface area contributed by atoms with Crippen molar-refractivity contribution in [2.75, 3.05) is 14.2 Å². The van der Waals surface area contributed by atoms with E-state index in [1.54, 1.807) is 6.07 Å². The average molecular weight is 277 g/mol. The molecule has 0 saturated heterocycles. The lowest BCUT2D eigenvalue weighted by Gasteiger charge is -2.15. The molecular formula is C15H20FN3O. The minimum absolute atomic E-state index is 0.0824. The van der Waals surface area contributed by atoms with Gasteiger partial charge >= 0.3 is 0 Å². The summed E-state index contributed by atoms with van der Waals surface area (Å²) >= 11 is 0. The second-order valence-corrected chi connectivity index (χ2v) is 4.65. The molecule has 1 heterocycles. The van der Waals surface area contributed by atoms with Crippen molar-refractivity contribution in [3.8, 4) is 5.75 Å².